The predicted molar refractivity (Wildman–Crippen MR) is 191 cm³/mol. The Kier molecular flexibility index (Phi) is 13.0. The second-order valence-electron chi connectivity index (χ2n) is 12.9. The third kappa shape index (κ3) is 10.6. The first-order valence-electron chi connectivity index (χ1n) is 17.4. The Balaban J connectivity index is 1.40. The molecule has 6 nitrogen and oxygen atoms in total. The molecule has 1 saturated heterocycles. The van der Waals surface area contributed by atoms with Gasteiger partial charge in [0.05, 0.1) is 5.56 Å². The minimum Gasteiger partial charge on any atom is -0.338 e. The van der Waals surface area contributed by atoms with Gasteiger partial charge in [0.2, 0.25) is 11.8 Å². The van der Waals surface area contributed by atoms with Crippen LogP contribution in [0.15, 0.2) is 109 Å². The van der Waals surface area contributed by atoms with Gasteiger partial charge in [-0.2, -0.15) is 13.2 Å². The van der Waals surface area contributed by atoms with E-state index in [0.29, 0.717) is 38.2 Å². The molecule has 0 spiro atoms. The summed E-state index contributed by atoms with van der Waals surface area (Å²) in [5, 5.41) is 0. The van der Waals surface area contributed by atoms with Crippen molar-refractivity contribution < 1.29 is 22.8 Å². The molecule has 0 bridgehead atoms. The van der Waals surface area contributed by atoms with Gasteiger partial charge in [-0.3, -0.25) is 19.5 Å². The average molecular weight is 683 g/mol. The van der Waals surface area contributed by atoms with E-state index < -0.39 is 17.8 Å². The van der Waals surface area contributed by atoms with Crippen LogP contribution < -0.4 is 0 Å². The summed E-state index contributed by atoms with van der Waals surface area (Å²) in [5.74, 6) is -0.507. The van der Waals surface area contributed by atoms with E-state index in [2.05, 4.69) is 28.9 Å². The molecule has 2 heterocycles. The number of nitrogens with zero attached hydrogens (tertiary/aromatic N) is 4. The molecule has 9 heteroatoms. The first kappa shape index (κ1) is 36.5. The van der Waals surface area contributed by atoms with E-state index in [-0.39, 0.29) is 18.4 Å². The lowest BCUT2D eigenvalue weighted by Crippen LogP contribution is -2.56. The summed E-state index contributed by atoms with van der Waals surface area (Å²) in [6.07, 6.45) is 6.70. The molecule has 3 aromatic carbocycles. The normalized spacial score (nSPS) is 14.5. The molecule has 2 amide bonds. The molecule has 0 unspecified atom stereocenters. The summed E-state index contributed by atoms with van der Waals surface area (Å²) >= 11 is 0. The van der Waals surface area contributed by atoms with Gasteiger partial charge in [-0.1, -0.05) is 86.5 Å². The van der Waals surface area contributed by atoms with E-state index in [4.69, 9.17) is 0 Å². The van der Waals surface area contributed by atoms with Gasteiger partial charge < -0.3 is 9.80 Å². The highest BCUT2D eigenvalue weighted by atomic mass is 19.4. The number of alkyl halides is 3. The Bertz CT molecular complexity index is 1670. The van der Waals surface area contributed by atoms with Crippen molar-refractivity contribution in [2.24, 2.45) is 0 Å². The lowest BCUT2D eigenvalue weighted by atomic mass is 10.0. The number of amides is 2. The van der Waals surface area contributed by atoms with Gasteiger partial charge in [0.1, 0.15) is 6.04 Å². The first-order chi connectivity index (χ1) is 24.2. The Morgan fingerprint density at radius 1 is 0.800 bits per heavy atom. The minimum atomic E-state index is -4.45. The zero-order valence-corrected chi connectivity index (χ0v) is 28.6. The number of carbonyl (C=O) groups excluding carboxylic acids is 2. The SMILES string of the molecule is CCCCCc1ccc(CN(C(=O)C=Cc2ccc(C(F)(F)F)cc2)[C@@H](Cc2ccccc2)C(=O)N2CCN(Cc3ccncc3)CC2)cc1. The molecule has 1 aliphatic heterocycles. The fraction of sp³-hybridized carbons (Fsp3) is 0.341. The highest BCUT2D eigenvalue weighted by molar-refractivity contribution is 5.95. The number of hydrogen-bond acceptors (Lipinski definition) is 4. The van der Waals surface area contributed by atoms with E-state index in [1.807, 2.05) is 59.5 Å². The van der Waals surface area contributed by atoms with Gasteiger partial charge in [-0.25, -0.2) is 0 Å². The largest absolute Gasteiger partial charge is 0.416 e. The predicted octanol–water partition coefficient (Wildman–Crippen LogP) is 7.83. The van der Waals surface area contributed by atoms with E-state index in [1.165, 1.54) is 29.8 Å². The molecule has 1 aliphatic rings. The highest BCUT2D eigenvalue weighted by Crippen LogP contribution is 2.29. The second-order valence-corrected chi connectivity index (χ2v) is 12.9. The Hall–Kier alpha value is -4.76. The molecule has 1 atom stereocenters. The van der Waals surface area contributed by atoms with Crippen molar-refractivity contribution in [3.63, 3.8) is 0 Å². The van der Waals surface area contributed by atoms with Crippen LogP contribution in [-0.4, -0.2) is 63.7 Å². The molecule has 4 aromatic rings. The second kappa shape index (κ2) is 17.8. The lowest BCUT2D eigenvalue weighted by Gasteiger charge is -2.39. The quantitative estimate of drug-likeness (QED) is 0.101. The lowest BCUT2D eigenvalue weighted by molar-refractivity contribution is -0.145. The first-order valence-corrected chi connectivity index (χ1v) is 17.4. The van der Waals surface area contributed by atoms with Crippen LogP contribution in [0.5, 0.6) is 0 Å². The number of aryl methyl sites for hydroxylation is 1. The van der Waals surface area contributed by atoms with E-state index in [1.54, 1.807) is 17.3 Å². The van der Waals surface area contributed by atoms with E-state index in [9.17, 15) is 22.8 Å². The number of carbonyl (C=O) groups is 2. The number of unbranched alkanes of at least 4 members (excludes halogenated alkanes) is 2. The summed E-state index contributed by atoms with van der Waals surface area (Å²) < 4.78 is 39.4. The van der Waals surface area contributed by atoms with Gasteiger partial charge in [0.25, 0.3) is 0 Å². The van der Waals surface area contributed by atoms with Gasteiger partial charge in [0, 0.05) is 64.2 Å². The summed E-state index contributed by atoms with van der Waals surface area (Å²) in [6, 6.07) is 25.7. The molecule has 0 N–H and O–H groups in total. The van der Waals surface area contributed by atoms with Crippen molar-refractivity contribution in [2.75, 3.05) is 26.2 Å². The standard InChI is InChI=1S/C41H45F3N4O2/c1-2-3-5-8-32-11-13-35(14-12-32)31-48(39(49)20-17-33-15-18-37(19-16-33)41(42,43)44)38(29-34-9-6-4-7-10-34)40(50)47-27-25-46(26-28-47)30-36-21-23-45-24-22-36/h4,6-7,9-24,38H,2-3,5,8,25-31H2,1H3/t38-/m0/s1. The molecule has 0 radical (unpaired) electrons. The van der Waals surface area contributed by atoms with E-state index in [0.717, 1.165) is 61.1 Å². The van der Waals surface area contributed by atoms with Gasteiger partial charge in [0.15, 0.2) is 0 Å². The van der Waals surface area contributed by atoms with Crippen LogP contribution in [0.1, 0.15) is 59.6 Å². The number of aromatic nitrogens is 1. The number of halogens is 3. The number of pyridine rings is 1. The number of benzene rings is 3. The Morgan fingerprint density at radius 2 is 1.46 bits per heavy atom. The van der Waals surface area contributed by atoms with Crippen LogP contribution >= 0.6 is 0 Å². The Labute approximate surface area is 293 Å². The minimum absolute atomic E-state index is 0.120. The van der Waals surface area contributed by atoms with Crippen LogP contribution in [0.2, 0.25) is 0 Å². The van der Waals surface area contributed by atoms with Crippen molar-refractivity contribution in [1.82, 2.24) is 19.7 Å². The molecule has 262 valence electrons. The topological polar surface area (TPSA) is 56.8 Å². The average Bonchev–Trinajstić information content (AvgIpc) is 3.13. The summed E-state index contributed by atoms with van der Waals surface area (Å²) in [5.41, 5.74) is 3.92. The van der Waals surface area contributed by atoms with Crippen molar-refractivity contribution >= 4 is 17.9 Å². The molecular weight excluding hydrogens is 637 g/mol. The fourth-order valence-corrected chi connectivity index (χ4v) is 6.23. The van der Waals surface area contributed by atoms with Gasteiger partial charge in [-0.05, 0) is 71.0 Å². The third-order valence-corrected chi connectivity index (χ3v) is 9.16. The molecule has 0 saturated carbocycles. The summed E-state index contributed by atoms with van der Waals surface area (Å²) in [7, 11) is 0. The maximum Gasteiger partial charge on any atom is 0.416 e. The maximum atomic E-state index is 14.5. The zero-order chi connectivity index (χ0) is 35.3. The van der Waals surface area contributed by atoms with Gasteiger partial charge >= 0.3 is 6.18 Å². The molecule has 1 aromatic heterocycles. The van der Waals surface area contributed by atoms with Crippen LogP contribution in [0.3, 0.4) is 0 Å². The van der Waals surface area contributed by atoms with Crippen molar-refractivity contribution in [1.29, 1.82) is 0 Å². The molecule has 5 rings (SSSR count). The maximum absolute atomic E-state index is 14.5. The third-order valence-electron chi connectivity index (χ3n) is 9.16. The fourth-order valence-electron chi connectivity index (χ4n) is 6.23. The Morgan fingerprint density at radius 3 is 2.10 bits per heavy atom. The van der Waals surface area contributed by atoms with Gasteiger partial charge in [-0.15, -0.1) is 0 Å². The zero-order valence-electron chi connectivity index (χ0n) is 28.6. The number of rotatable bonds is 14. The molecular formula is C41H45F3N4O2. The molecule has 50 heavy (non-hydrogen) atoms. The molecule has 1 fully saturated rings. The highest BCUT2D eigenvalue weighted by Gasteiger charge is 2.34. The summed E-state index contributed by atoms with van der Waals surface area (Å²) in [4.78, 5) is 38.5. The van der Waals surface area contributed by atoms with Crippen molar-refractivity contribution in [2.45, 2.75) is 64.3 Å². The van der Waals surface area contributed by atoms with Crippen LogP contribution in [0.4, 0.5) is 13.2 Å². The van der Waals surface area contributed by atoms with Crippen molar-refractivity contribution in [3.8, 4) is 0 Å². The van der Waals surface area contributed by atoms with E-state index >= 15 is 0 Å². The number of piperazine rings is 1. The monoisotopic (exact) mass is 682 g/mol. The smallest absolute Gasteiger partial charge is 0.338 e. The van der Waals surface area contributed by atoms with Crippen molar-refractivity contribution in [3.05, 3.63) is 143 Å². The molecule has 0 aliphatic carbocycles. The van der Waals surface area contributed by atoms with Crippen LogP contribution in [-0.2, 0) is 41.7 Å². The summed E-state index contributed by atoms with van der Waals surface area (Å²) in [6.45, 7) is 5.62. The number of hydrogen-bond donors (Lipinski definition) is 0. The van der Waals surface area contributed by atoms with Crippen LogP contribution in [0.25, 0.3) is 6.08 Å². The van der Waals surface area contributed by atoms with Crippen LogP contribution in [0, 0.1) is 0 Å².